The Morgan fingerprint density at radius 2 is 2.00 bits per heavy atom. The lowest BCUT2D eigenvalue weighted by atomic mass is 9.86. The fraction of sp³-hybridized carbons (Fsp3) is 0.500. The number of methoxy groups -OCH3 is 1. The molecular weight excluding hydrogens is 239 g/mol. The van der Waals surface area contributed by atoms with Crippen molar-refractivity contribution in [3.8, 4) is 5.75 Å². The predicted molar refractivity (Wildman–Crippen MR) is 65.7 cm³/mol. The normalized spacial score (nSPS) is 19.4. The van der Waals surface area contributed by atoms with E-state index in [9.17, 15) is 9.46 Å². The standard InChI is InChI=1S/C12H17O4P/c1-15-11-5-7-12(8-6-11)17(13,14)16-9-10-3-2-4-10/h5-8,10H,2-4,9H2,1H3,(H,13,14). The number of benzene rings is 1. The average Bonchev–Trinajstić information content (AvgIpc) is 2.27. The summed E-state index contributed by atoms with van der Waals surface area (Å²) in [4.78, 5) is 9.81. The van der Waals surface area contributed by atoms with Gasteiger partial charge in [-0.25, -0.2) is 0 Å². The largest absolute Gasteiger partial charge is 0.497 e. The highest BCUT2D eigenvalue weighted by atomic mass is 31.2. The second-order valence-corrected chi connectivity index (χ2v) is 6.13. The van der Waals surface area contributed by atoms with Crippen LogP contribution >= 0.6 is 7.60 Å². The monoisotopic (exact) mass is 256 g/mol. The van der Waals surface area contributed by atoms with Crippen molar-refractivity contribution >= 4 is 12.9 Å². The summed E-state index contributed by atoms with van der Waals surface area (Å²) in [5.41, 5.74) is 0. The zero-order valence-corrected chi connectivity index (χ0v) is 10.7. The first-order valence-electron chi connectivity index (χ1n) is 5.74. The summed E-state index contributed by atoms with van der Waals surface area (Å²) >= 11 is 0. The molecule has 1 aliphatic carbocycles. The van der Waals surface area contributed by atoms with Gasteiger partial charge in [0.2, 0.25) is 0 Å². The number of ether oxygens (including phenoxy) is 1. The van der Waals surface area contributed by atoms with E-state index in [4.69, 9.17) is 9.26 Å². The van der Waals surface area contributed by atoms with Crippen molar-refractivity contribution in [1.29, 1.82) is 0 Å². The quantitative estimate of drug-likeness (QED) is 0.821. The molecule has 1 aliphatic rings. The molecule has 17 heavy (non-hydrogen) atoms. The Hall–Kier alpha value is -0.830. The Bertz CT molecular complexity index is 411. The van der Waals surface area contributed by atoms with Crippen molar-refractivity contribution in [2.45, 2.75) is 19.3 Å². The molecule has 0 radical (unpaired) electrons. The Balaban J connectivity index is 1.99. The fourth-order valence-corrected chi connectivity index (χ4v) is 2.80. The molecule has 5 heteroatoms. The number of hydrogen-bond acceptors (Lipinski definition) is 3. The van der Waals surface area contributed by atoms with E-state index in [-0.39, 0.29) is 0 Å². The molecule has 0 amide bonds. The van der Waals surface area contributed by atoms with Crippen LogP contribution in [-0.2, 0) is 9.09 Å². The van der Waals surface area contributed by atoms with Crippen LogP contribution in [0.5, 0.6) is 5.75 Å². The Kier molecular flexibility index (Phi) is 3.87. The van der Waals surface area contributed by atoms with Crippen LogP contribution in [0.1, 0.15) is 19.3 Å². The minimum Gasteiger partial charge on any atom is -0.497 e. The van der Waals surface area contributed by atoms with Crippen LogP contribution in [0.15, 0.2) is 24.3 Å². The molecule has 1 fully saturated rings. The Labute approximate surface area is 101 Å². The number of hydrogen-bond donors (Lipinski definition) is 1. The molecule has 1 aromatic carbocycles. The molecule has 1 N–H and O–H groups in total. The maximum absolute atomic E-state index is 12.0. The molecular formula is C12H17O4P. The Morgan fingerprint density at radius 1 is 1.35 bits per heavy atom. The van der Waals surface area contributed by atoms with Crippen LogP contribution < -0.4 is 10.0 Å². The number of rotatable bonds is 5. The van der Waals surface area contributed by atoms with E-state index in [1.807, 2.05) is 0 Å². The summed E-state index contributed by atoms with van der Waals surface area (Å²) < 4.78 is 22.1. The van der Waals surface area contributed by atoms with E-state index in [0.29, 0.717) is 23.6 Å². The van der Waals surface area contributed by atoms with E-state index < -0.39 is 7.60 Å². The van der Waals surface area contributed by atoms with Crippen LogP contribution in [0.4, 0.5) is 0 Å². The van der Waals surface area contributed by atoms with Gasteiger partial charge >= 0.3 is 7.60 Å². The third-order valence-corrected chi connectivity index (χ3v) is 4.56. The smallest absolute Gasteiger partial charge is 0.358 e. The predicted octanol–water partition coefficient (Wildman–Crippen LogP) is 2.32. The molecule has 0 bridgehead atoms. The van der Waals surface area contributed by atoms with Crippen molar-refractivity contribution in [3.63, 3.8) is 0 Å². The van der Waals surface area contributed by atoms with Gasteiger partial charge < -0.3 is 14.2 Å². The second-order valence-electron chi connectivity index (χ2n) is 4.31. The van der Waals surface area contributed by atoms with Crippen molar-refractivity contribution in [3.05, 3.63) is 24.3 Å². The average molecular weight is 256 g/mol. The van der Waals surface area contributed by atoms with Crippen molar-refractivity contribution in [1.82, 2.24) is 0 Å². The zero-order chi connectivity index (χ0) is 12.3. The lowest BCUT2D eigenvalue weighted by Crippen LogP contribution is -2.18. The fourth-order valence-electron chi connectivity index (χ4n) is 1.71. The molecule has 1 atom stereocenters. The summed E-state index contributed by atoms with van der Waals surface area (Å²) in [5, 5.41) is 0.317. The molecule has 1 aromatic rings. The highest BCUT2D eigenvalue weighted by Gasteiger charge is 2.26. The van der Waals surface area contributed by atoms with Gasteiger partial charge in [0.15, 0.2) is 0 Å². The van der Waals surface area contributed by atoms with Crippen LogP contribution in [0, 0.1) is 5.92 Å². The first-order chi connectivity index (χ1) is 8.12. The second kappa shape index (κ2) is 5.21. The Morgan fingerprint density at radius 3 is 2.47 bits per heavy atom. The van der Waals surface area contributed by atoms with Crippen LogP contribution in [0.25, 0.3) is 0 Å². The van der Waals surface area contributed by atoms with E-state index in [2.05, 4.69) is 0 Å². The lowest BCUT2D eigenvalue weighted by molar-refractivity contribution is 0.167. The molecule has 0 aromatic heterocycles. The summed E-state index contributed by atoms with van der Waals surface area (Å²) in [6.45, 7) is 0.375. The third kappa shape index (κ3) is 3.09. The summed E-state index contributed by atoms with van der Waals surface area (Å²) in [6.07, 6.45) is 3.40. The van der Waals surface area contributed by atoms with E-state index in [1.54, 1.807) is 31.4 Å². The van der Waals surface area contributed by atoms with Gasteiger partial charge in [0.05, 0.1) is 19.0 Å². The van der Waals surface area contributed by atoms with Gasteiger partial charge in [-0.2, -0.15) is 0 Å². The van der Waals surface area contributed by atoms with Crippen molar-refractivity contribution in [2.75, 3.05) is 13.7 Å². The van der Waals surface area contributed by atoms with Crippen LogP contribution in [-0.4, -0.2) is 18.6 Å². The zero-order valence-electron chi connectivity index (χ0n) is 9.83. The highest BCUT2D eigenvalue weighted by molar-refractivity contribution is 7.61. The molecule has 0 saturated heterocycles. The molecule has 1 unspecified atom stereocenters. The molecule has 0 spiro atoms. The van der Waals surface area contributed by atoms with E-state index in [0.717, 1.165) is 12.8 Å². The minimum absolute atomic E-state index is 0.317. The SMILES string of the molecule is COc1ccc(P(=O)(O)OCC2CCC2)cc1. The van der Waals surface area contributed by atoms with Gasteiger partial charge in [-0.15, -0.1) is 0 Å². The first kappa shape index (κ1) is 12.6. The maximum Gasteiger partial charge on any atom is 0.358 e. The highest BCUT2D eigenvalue weighted by Crippen LogP contribution is 2.43. The topological polar surface area (TPSA) is 55.8 Å². The summed E-state index contributed by atoms with van der Waals surface area (Å²) in [5.74, 6) is 1.11. The van der Waals surface area contributed by atoms with Crippen molar-refractivity contribution < 1.29 is 18.7 Å². The third-order valence-electron chi connectivity index (χ3n) is 3.11. The molecule has 0 aliphatic heterocycles. The molecule has 1 saturated carbocycles. The van der Waals surface area contributed by atoms with Gasteiger partial charge in [0.1, 0.15) is 5.75 Å². The minimum atomic E-state index is -3.66. The van der Waals surface area contributed by atoms with Gasteiger partial charge in [-0.05, 0) is 43.0 Å². The van der Waals surface area contributed by atoms with Gasteiger partial charge in [0, 0.05) is 0 Å². The van der Waals surface area contributed by atoms with E-state index >= 15 is 0 Å². The van der Waals surface area contributed by atoms with Crippen LogP contribution in [0.3, 0.4) is 0 Å². The summed E-state index contributed by atoms with van der Waals surface area (Å²) in [6, 6.07) is 6.45. The first-order valence-corrected chi connectivity index (χ1v) is 7.31. The molecule has 4 nitrogen and oxygen atoms in total. The maximum atomic E-state index is 12.0. The van der Waals surface area contributed by atoms with Crippen LogP contribution in [0.2, 0.25) is 0 Å². The van der Waals surface area contributed by atoms with Gasteiger partial charge in [0.25, 0.3) is 0 Å². The van der Waals surface area contributed by atoms with Crippen molar-refractivity contribution in [2.24, 2.45) is 5.92 Å². The lowest BCUT2D eigenvalue weighted by Gasteiger charge is -2.26. The summed E-state index contributed by atoms with van der Waals surface area (Å²) in [7, 11) is -2.11. The molecule has 94 valence electrons. The van der Waals surface area contributed by atoms with Gasteiger partial charge in [-0.3, -0.25) is 4.57 Å². The molecule has 2 rings (SSSR count). The molecule has 0 heterocycles. The van der Waals surface area contributed by atoms with E-state index in [1.165, 1.54) is 6.42 Å². The van der Waals surface area contributed by atoms with Gasteiger partial charge in [-0.1, -0.05) is 6.42 Å².